The van der Waals surface area contributed by atoms with Crippen LogP contribution in [0.1, 0.15) is 6.42 Å². The lowest BCUT2D eigenvalue weighted by Gasteiger charge is -2.34. The van der Waals surface area contributed by atoms with E-state index in [9.17, 15) is 18.8 Å². The van der Waals surface area contributed by atoms with Gasteiger partial charge in [-0.15, -0.1) is 10.2 Å². The monoisotopic (exact) mass is 532 g/mol. The molecule has 4 amide bonds. The minimum Gasteiger partial charge on any atom is -0.467 e. The first kappa shape index (κ1) is 25.5. The van der Waals surface area contributed by atoms with Crippen molar-refractivity contribution in [3.8, 4) is 40.2 Å². The van der Waals surface area contributed by atoms with Gasteiger partial charge in [-0.05, 0) is 66.7 Å². The van der Waals surface area contributed by atoms with E-state index in [2.05, 4.69) is 20.8 Å². The summed E-state index contributed by atoms with van der Waals surface area (Å²) in [5.41, 5.74) is -0.847. The van der Waals surface area contributed by atoms with E-state index < -0.39 is 29.3 Å². The third-order valence-corrected chi connectivity index (χ3v) is 5.80. The molecule has 0 aliphatic carbocycles. The molecule has 0 spiro atoms. The van der Waals surface area contributed by atoms with Crippen molar-refractivity contribution in [1.82, 2.24) is 20.8 Å². The summed E-state index contributed by atoms with van der Waals surface area (Å²) in [5, 5.41) is 12.1. The topological polar surface area (TPSA) is 142 Å². The molecule has 1 saturated heterocycles. The van der Waals surface area contributed by atoms with Crippen LogP contribution in [0.4, 0.5) is 9.18 Å². The number of carbonyl (C=O) groups is 3. The van der Waals surface area contributed by atoms with Gasteiger partial charge in [-0.1, -0.05) is 6.07 Å². The first-order chi connectivity index (χ1) is 18.9. The maximum atomic E-state index is 13.5. The Morgan fingerprint density at radius 3 is 2.03 bits per heavy atom. The van der Waals surface area contributed by atoms with Crippen LogP contribution in [-0.4, -0.2) is 47.4 Å². The molecule has 39 heavy (non-hydrogen) atoms. The number of barbiturate groups is 1. The number of benzene rings is 3. The summed E-state index contributed by atoms with van der Waals surface area (Å²) < 4.78 is 35.8. The van der Waals surface area contributed by atoms with E-state index in [1.165, 1.54) is 31.4 Å². The van der Waals surface area contributed by atoms with E-state index in [1.54, 1.807) is 48.5 Å². The molecule has 1 aromatic heterocycles. The van der Waals surface area contributed by atoms with E-state index in [0.29, 0.717) is 22.6 Å². The van der Waals surface area contributed by atoms with Crippen LogP contribution >= 0.6 is 0 Å². The zero-order chi connectivity index (χ0) is 27.4. The number of rotatable bonds is 9. The number of halogens is 1. The first-order valence-electron chi connectivity index (χ1n) is 11.7. The van der Waals surface area contributed by atoms with Gasteiger partial charge < -0.3 is 18.6 Å². The third-order valence-electron chi connectivity index (χ3n) is 5.80. The van der Waals surface area contributed by atoms with Crippen molar-refractivity contribution >= 4 is 17.8 Å². The quantitative estimate of drug-likeness (QED) is 0.307. The molecule has 4 aromatic rings. The SMILES string of the molecule is COCCC1(Oc2ccc(Oc3ccc(-c4nnc(-c5cccc(F)c5)o4)cc3)cc2)C(=O)NC(=O)NC1=O. The number of nitrogens with one attached hydrogen (secondary N) is 2. The standard InChI is InChI=1S/C27H21FN4O7/c1-36-14-13-27(24(33)29-26(35)30-25(27)34)39-21-11-9-20(10-12-21)37-19-7-5-16(6-8-19)22-31-32-23(38-22)17-3-2-4-18(28)15-17/h2-12,15H,13-14H2,1H3,(H2,29,30,33,34,35). The molecular weight excluding hydrogens is 511 g/mol. The van der Waals surface area contributed by atoms with Gasteiger partial charge in [0, 0.05) is 24.7 Å². The number of urea groups is 1. The predicted octanol–water partition coefficient (Wildman–Crippen LogP) is 3.86. The molecule has 198 valence electrons. The third kappa shape index (κ3) is 5.45. The van der Waals surface area contributed by atoms with Gasteiger partial charge in [-0.2, -0.15) is 0 Å². The highest BCUT2D eigenvalue weighted by Crippen LogP contribution is 2.30. The van der Waals surface area contributed by atoms with Crippen LogP contribution in [-0.2, 0) is 14.3 Å². The summed E-state index contributed by atoms with van der Waals surface area (Å²) in [5.74, 6) is -0.512. The molecule has 2 heterocycles. The van der Waals surface area contributed by atoms with Gasteiger partial charge in [-0.3, -0.25) is 20.2 Å². The molecule has 0 radical (unpaired) electrons. The van der Waals surface area contributed by atoms with Crippen LogP contribution in [0.5, 0.6) is 17.2 Å². The average Bonchev–Trinajstić information content (AvgIpc) is 3.42. The van der Waals surface area contributed by atoms with Crippen LogP contribution in [0.25, 0.3) is 22.9 Å². The van der Waals surface area contributed by atoms with Crippen molar-refractivity contribution < 1.29 is 37.4 Å². The Bertz CT molecular complexity index is 1500. The fraction of sp³-hybridized carbons (Fsp3) is 0.148. The van der Waals surface area contributed by atoms with Crippen molar-refractivity contribution in [2.45, 2.75) is 12.0 Å². The van der Waals surface area contributed by atoms with Crippen LogP contribution in [0.2, 0.25) is 0 Å². The molecule has 0 atom stereocenters. The molecule has 0 saturated carbocycles. The van der Waals surface area contributed by atoms with Crippen molar-refractivity contribution in [2.24, 2.45) is 0 Å². The summed E-state index contributed by atoms with van der Waals surface area (Å²) >= 11 is 0. The maximum Gasteiger partial charge on any atom is 0.328 e. The zero-order valence-electron chi connectivity index (χ0n) is 20.5. The number of imide groups is 2. The van der Waals surface area contributed by atoms with Crippen LogP contribution in [0, 0.1) is 5.82 Å². The summed E-state index contributed by atoms with van der Waals surface area (Å²) in [6, 6.07) is 18.1. The Balaban J connectivity index is 1.26. The molecule has 5 rings (SSSR count). The van der Waals surface area contributed by atoms with Crippen LogP contribution in [0.15, 0.2) is 77.2 Å². The summed E-state index contributed by atoms with van der Waals surface area (Å²) in [6.45, 7) is 0.0436. The number of nitrogens with zero attached hydrogens (tertiary/aromatic N) is 2. The second kappa shape index (κ2) is 10.7. The highest BCUT2D eigenvalue weighted by molar-refractivity contribution is 6.21. The van der Waals surface area contributed by atoms with E-state index in [4.69, 9.17) is 18.6 Å². The number of ether oxygens (including phenoxy) is 3. The van der Waals surface area contributed by atoms with Crippen LogP contribution in [0.3, 0.4) is 0 Å². The molecular formula is C27H21FN4O7. The Morgan fingerprint density at radius 2 is 1.41 bits per heavy atom. The van der Waals surface area contributed by atoms with E-state index >= 15 is 0 Å². The van der Waals surface area contributed by atoms with Crippen molar-refractivity contribution in [3.05, 3.63) is 78.6 Å². The molecule has 1 aliphatic heterocycles. The minimum absolute atomic E-state index is 0.0436. The van der Waals surface area contributed by atoms with E-state index in [0.717, 1.165) is 0 Å². The lowest BCUT2D eigenvalue weighted by atomic mass is 9.95. The van der Waals surface area contributed by atoms with Gasteiger partial charge in [0.2, 0.25) is 11.8 Å². The number of amides is 4. The summed E-state index contributed by atoms with van der Waals surface area (Å²) in [7, 11) is 1.42. The van der Waals surface area contributed by atoms with Crippen molar-refractivity contribution in [1.29, 1.82) is 0 Å². The second-order valence-electron chi connectivity index (χ2n) is 8.43. The molecule has 0 unspecified atom stereocenters. The van der Waals surface area contributed by atoms with Gasteiger partial charge in [0.1, 0.15) is 23.1 Å². The zero-order valence-corrected chi connectivity index (χ0v) is 20.5. The van der Waals surface area contributed by atoms with Crippen molar-refractivity contribution in [2.75, 3.05) is 13.7 Å². The average molecular weight is 532 g/mol. The van der Waals surface area contributed by atoms with E-state index in [1.807, 2.05) is 0 Å². The largest absolute Gasteiger partial charge is 0.467 e. The highest BCUT2D eigenvalue weighted by Gasteiger charge is 2.52. The van der Waals surface area contributed by atoms with Crippen molar-refractivity contribution in [3.63, 3.8) is 0 Å². The number of hydrogen-bond acceptors (Lipinski definition) is 9. The second-order valence-corrected chi connectivity index (χ2v) is 8.43. The molecule has 3 aromatic carbocycles. The fourth-order valence-corrected chi connectivity index (χ4v) is 3.82. The fourth-order valence-electron chi connectivity index (χ4n) is 3.82. The summed E-state index contributed by atoms with van der Waals surface area (Å²) in [6.07, 6.45) is -0.108. The molecule has 12 heteroatoms. The number of hydrogen-bond donors (Lipinski definition) is 2. The molecule has 1 aliphatic rings. The Labute approximate surface area is 220 Å². The van der Waals surface area contributed by atoms with Gasteiger partial charge >= 0.3 is 6.03 Å². The lowest BCUT2D eigenvalue weighted by Crippen LogP contribution is -2.69. The van der Waals surface area contributed by atoms with Gasteiger partial charge in [0.05, 0.1) is 6.61 Å². The maximum absolute atomic E-state index is 13.5. The summed E-state index contributed by atoms with van der Waals surface area (Å²) in [4.78, 5) is 36.6. The molecule has 11 nitrogen and oxygen atoms in total. The highest BCUT2D eigenvalue weighted by atomic mass is 19.1. The molecule has 2 N–H and O–H groups in total. The smallest absolute Gasteiger partial charge is 0.328 e. The Hall–Kier alpha value is -5.10. The normalized spacial score (nSPS) is 14.5. The number of carbonyl (C=O) groups excluding carboxylic acids is 3. The molecule has 1 fully saturated rings. The predicted molar refractivity (Wildman–Crippen MR) is 133 cm³/mol. The lowest BCUT2D eigenvalue weighted by molar-refractivity contribution is -0.153. The molecule has 0 bridgehead atoms. The van der Waals surface area contributed by atoms with E-state index in [-0.39, 0.29) is 30.6 Å². The van der Waals surface area contributed by atoms with Gasteiger partial charge in [0.25, 0.3) is 17.4 Å². The Kier molecular flexibility index (Phi) is 7.02. The number of aromatic nitrogens is 2. The van der Waals surface area contributed by atoms with Gasteiger partial charge in [0.15, 0.2) is 0 Å². The van der Waals surface area contributed by atoms with Gasteiger partial charge in [-0.25, -0.2) is 9.18 Å². The van der Waals surface area contributed by atoms with Crippen LogP contribution < -0.4 is 20.1 Å². The minimum atomic E-state index is -1.97. The number of methoxy groups -OCH3 is 1. The first-order valence-corrected chi connectivity index (χ1v) is 11.7. The Morgan fingerprint density at radius 1 is 0.821 bits per heavy atom.